The molecule has 0 aromatic heterocycles. The fourth-order valence-corrected chi connectivity index (χ4v) is 0.528. The van der Waals surface area contributed by atoms with Gasteiger partial charge in [-0.15, -0.1) is 0 Å². The Balaban J connectivity index is 3.68. The maximum Gasteiger partial charge on any atom is 0.121 e. The lowest BCUT2D eigenvalue weighted by Crippen LogP contribution is -2.52. The van der Waals surface area contributed by atoms with Crippen molar-refractivity contribution in [2.75, 3.05) is 0 Å². The largest absolute Gasteiger partial charge is 0.377 e. The van der Waals surface area contributed by atoms with Crippen molar-refractivity contribution in [1.82, 2.24) is 10.5 Å². The van der Waals surface area contributed by atoms with Crippen molar-refractivity contribution in [1.29, 1.82) is 0 Å². The van der Waals surface area contributed by atoms with E-state index in [1.807, 2.05) is 0 Å². The second-order valence-electron chi connectivity index (χ2n) is 1.80. The molecule has 0 saturated carbocycles. The van der Waals surface area contributed by atoms with Gasteiger partial charge in [0, 0.05) is 0 Å². The van der Waals surface area contributed by atoms with Gasteiger partial charge in [-0.2, -0.15) is 10.5 Å². The van der Waals surface area contributed by atoms with Crippen LogP contribution in [0.5, 0.6) is 0 Å². The molecule has 0 aromatic rings. The van der Waals surface area contributed by atoms with Crippen LogP contribution in [0.2, 0.25) is 0 Å². The van der Waals surface area contributed by atoms with E-state index in [4.69, 9.17) is 16.1 Å². The first-order valence-electron chi connectivity index (χ1n) is 2.70. The molecule has 2 atom stereocenters. The van der Waals surface area contributed by atoms with Crippen LogP contribution in [-0.4, -0.2) is 27.7 Å². The first-order chi connectivity index (χ1) is 4.09. The van der Waals surface area contributed by atoms with Crippen LogP contribution in [-0.2, 0) is 0 Å². The number of nitrogens with two attached hydrogens (primary N) is 1. The normalized spacial score (nSPS) is 18.0. The molecule has 0 spiro atoms. The summed E-state index contributed by atoms with van der Waals surface area (Å²) >= 11 is 0. The molecule has 0 saturated heterocycles. The first-order valence-corrected chi connectivity index (χ1v) is 2.70. The monoisotopic (exact) mass is 135 g/mol. The maximum atomic E-state index is 8.81. The van der Waals surface area contributed by atoms with Gasteiger partial charge in [-0.1, -0.05) is 0 Å². The average Bonchev–Trinajstić information content (AvgIpc) is 1.64. The molecule has 9 heavy (non-hydrogen) atoms. The first kappa shape index (κ1) is 8.80. The number of nitrogens with one attached hydrogen (secondary N) is 1. The minimum Gasteiger partial charge on any atom is -0.377 e. The number of aliphatic hydroxyl groups is 2. The van der Waals surface area contributed by atoms with E-state index in [0.29, 0.717) is 0 Å². The number of nitrogens with zero attached hydrogens (tertiary/aromatic N) is 1. The molecule has 0 aliphatic rings. The van der Waals surface area contributed by atoms with Gasteiger partial charge in [-0.25, -0.2) is 0 Å². The molecule has 0 aromatic carbocycles. The summed E-state index contributed by atoms with van der Waals surface area (Å²) in [5, 5.41) is 18.7. The molecular formula is C4H13N3O2. The highest BCUT2D eigenvalue weighted by Gasteiger charge is 2.12. The Hall–Kier alpha value is -0.200. The number of rotatable bonds is 3. The van der Waals surface area contributed by atoms with E-state index in [2.05, 4.69) is 5.53 Å². The van der Waals surface area contributed by atoms with E-state index >= 15 is 0 Å². The van der Waals surface area contributed by atoms with Crippen molar-refractivity contribution in [3.63, 3.8) is 0 Å². The van der Waals surface area contributed by atoms with Gasteiger partial charge < -0.3 is 10.2 Å². The second-order valence-corrected chi connectivity index (χ2v) is 1.80. The van der Waals surface area contributed by atoms with Gasteiger partial charge in [0.25, 0.3) is 0 Å². The molecule has 0 aliphatic carbocycles. The van der Waals surface area contributed by atoms with E-state index in [9.17, 15) is 0 Å². The van der Waals surface area contributed by atoms with E-state index in [-0.39, 0.29) is 0 Å². The van der Waals surface area contributed by atoms with E-state index in [1.54, 1.807) is 0 Å². The van der Waals surface area contributed by atoms with Crippen LogP contribution >= 0.6 is 0 Å². The Morgan fingerprint density at radius 1 is 1.33 bits per heavy atom. The summed E-state index contributed by atoms with van der Waals surface area (Å²) in [6.07, 6.45) is -1.59. The van der Waals surface area contributed by atoms with Gasteiger partial charge in [0.2, 0.25) is 0 Å². The molecule has 5 heteroatoms. The Kier molecular flexibility index (Phi) is 3.67. The molecule has 5 N–H and O–H groups in total. The molecular weight excluding hydrogens is 122 g/mol. The van der Waals surface area contributed by atoms with Crippen LogP contribution in [0.3, 0.4) is 0 Å². The van der Waals surface area contributed by atoms with Crippen molar-refractivity contribution < 1.29 is 10.2 Å². The fourth-order valence-electron chi connectivity index (χ4n) is 0.528. The van der Waals surface area contributed by atoms with Crippen LogP contribution in [0.25, 0.3) is 0 Å². The highest BCUT2D eigenvalue weighted by molar-refractivity contribution is 4.47. The highest BCUT2D eigenvalue weighted by Crippen LogP contribution is 1.92. The zero-order chi connectivity index (χ0) is 7.44. The van der Waals surface area contributed by atoms with Gasteiger partial charge in [0.1, 0.15) is 12.5 Å². The molecule has 0 heterocycles. The SMILES string of the molecule is CC(O)N(NN)C(C)O. The molecule has 0 rings (SSSR count). The van der Waals surface area contributed by atoms with Crippen LogP contribution in [0.1, 0.15) is 13.8 Å². The molecule has 56 valence electrons. The third-order valence-electron chi connectivity index (χ3n) is 0.954. The molecule has 0 radical (unpaired) electrons. The molecule has 0 aliphatic heterocycles. The summed E-state index contributed by atoms with van der Waals surface area (Å²) in [6.45, 7) is 2.99. The molecule has 2 unspecified atom stereocenters. The molecule has 0 fully saturated rings. The van der Waals surface area contributed by atoms with Crippen molar-refractivity contribution >= 4 is 0 Å². The van der Waals surface area contributed by atoms with E-state index < -0.39 is 12.5 Å². The van der Waals surface area contributed by atoms with E-state index in [0.717, 1.165) is 5.01 Å². The lowest BCUT2D eigenvalue weighted by atomic mass is 10.5. The van der Waals surface area contributed by atoms with Gasteiger partial charge in [0.05, 0.1) is 0 Å². The molecule has 5 nitrogen and oxygen atoms in total. The predicted molar refractivity (Wildman–Crippen MR) is 32.5 cm³/mol. The zero-order valence-corrected chi connectivity index (χ0v) is 5.57. The lowest BCUT2D eigenvalue weighted by Gasteiger charge is -2.25. The van der Waals surface area contributed by atoms with Crippen molar-refractivity contribution in [3.8, 4) is 0 Å². The number of hydrogen-bond donors (Lipinski definition) is 4. The van der Waals surface area contributed by atoms with E-state index in [1.165, 1.54) is 13.8 Å². The van der Waals surface area contributed by atoms with Gasteiger partial charge >= 0.3 is 0 Å². The summed E-state index contributed by atoms with van der Waals surface area (Å²) in [6, 6.07) is 0. The summed E-state index contributed by atoms with van der Waals surface area (Å²) in [5.41, 5.74) is 2.13. The van der Waals surface area contributed by atoms with Crippen LogP contribution < -0.4 is 11.4 Å². The van der Waals surface area contributed by atoms with Crippen molar-refractivity contribution in [2.24, 2.45) is 5.84 Å². The summed E-state index contributed by atoms with van der Waals surface area (Å²) < 4.78 is 0. The van der Waals surface area contributed by atoms with Crippen molar-refractivity contribution in [3.05, 3.63) is 0 Å². The smallest absolute Gasteiger partial charge is 0.121 e. The zero-order valence-electron chi connectivity index (χ0n) is 5.57. The average molecular weight is 135 g/mol. The van der Waals surface area contributed by atoms with Crippen LogP contribution in [0.15, 0.2) is 0 Å². The highest BCUT2D eigenvalue weighted by atomic mass is 16.3. The standard InChI is InChI=1S/C4H13N3O2/c1-3(8)7(6-5)4(2)9/h3-4,6,8-9H,5H2,1-2H3. The summed E-state index contributed by atoms with van der Waals surface area (Å²) in [7, 11) is 0. The molecule has 0 bridgehead atoms. The number of aliphatic hydroxyl groups excluding tert-OH is 2. The number of hydrazine groups is 2. The van der Waals surface area contributed by atoms with Crippen molar-refractivity contribution in [2.45, 2.75) is 26.3 Å². The third-order valence-corrected chi connectivity index (χ3v) is 0.954. The lowest BCUT2D eigenvalue weighted by molar-refractivity contribution is -0.117. The minimum absolute atomic E-state index is 0.796. The topological polar surface area (TPSA) is 81.8 Å². The summed E-state index contributed by atoms with van der Waals surface area (Å²) in [4.78, 5) is 0. The van der Waals surface area contributed by atoms with Crippen LogP contribution in [0.4, 0.5) is 0 Å². The second kappa shape index (κ2) is 3.76. The molecule has 0 amide bonds. The van der Waals surface area contributed by atoms with Gasteiger partial charge in [-0.3, -0.25) is 5.84 Å². The minimum atomic E-state index is -0.796. The summed E-state index contributed by atoms with van der Waals surface area (Å²) in [5.74, 6) is 4.93. The van der Waals surface area contributed by atoms with Crippen LogP contribution in [0, 0.1) is 0 Å². The third kappa shape index (κ3) is 2.73. The van der Waals surface area contributed by atoms with Gasteiger partial charge in [0.15, 0.2) is 0 Å². The Morgan fingerprint density at radius 3 is 1.67 bits per heavy atom. The Bertz CT molecular complexity index is 68.2. The predicted octanol–water partition coefficient (Wildman–Crippen LogP) is -1.66. The van der Waals surface area contributed by atoms with Gasteiger partial charge in [-0.05, 0) is 13.8 Å². The Labute approximate surface area is 54.0 Å². The fraction of sp³-hybridized carbons (Fsp3) is 1.00. The maximum absolute atomic E-state index is 8.81. The Morgan fingerprint density at radius 2 is 1.67 bits per heavy atom. The number of hydrogen-bond acceptors (Lipinski definition) is 5. The quantitative estimate of drug-likeness (QED) is 0.212.